The summed E-state index contributed by atoms with van der Waals surface area (Å²) in [4.78, 5) is 24.2. The van der Waals surface area contributed by atoms with Crippen LogP contribution in [0.3, 0.4) is 0 Å². The lowest BCUT2D eigenvalue weighted by molar-refractivity contribution is -0.140. The van der Waals surface area contributed by atoms with Gasteiger partial charge in [-0.2, -0.15) is 4.31 Å². The lowest BCUT2D eigenvalue weighted by Gasteiger charge is -2.34. The van der Waals surface area contributed by atoms with E-state index in [1.807, 2.05) is 0 Å². The Labute approximate surface area is 185 Å². The number of carbonyl (C=O) groups is 2. The summed E-state index contributed by atoms with van der Waals surface area (Å²) in [7, 11) is -2.42. The highest BCUT2D eigenvalue weighted by Gasteiger charge is 2.35. The van der Waals surface area contributed by atoms with E-state index in [-0.39, 0.29) is 30.1 Å². The van der Waals surface area contributed by atoms with Crippen LogP contribution in [0.2, 0.25) is 0 Å². The average molecular weight is 466 g/mol. The largest absolute Gasteiger partial charge is 0.497 e. The van der Waals surface area contributed by atoms with Gasteiger partial charge in [0.2, 0.25) is 10.0 Å². The monoisotopic (exact) mass is 465 g/mol. The number of methoxy groups -OCH3 is 1. The average Bonchev–Trinajstić information content (AvgIpc) is 2.82. The van der Waals surface area contributed by atoms with E-state index in [0.29, 0.717) is 18.8 Å². The molecule has 1 fully saturated rings. The minimum absolute atomic E-state index is 0.0581. The zero-order chi connectivity index (χ0) is 23.1. The summed E-state index contributed by atoms with van der Waals surface area (Å²) in [5.41, 5.74) is 0.237. The van der Waals surface area contributed by atoms with Gasteiger partial charge in [0.1, 0.15) is 17.8 Å². The zero-order valence-electron chi connectivity index (χ0n) is 17.4. The number of hydrogen-bond acceptors (Lipinski definition) is 6. The minimum atomic E-state index is -3.90. The van der Waals surface area contributed by atoms with Crippen molar-refractivity contribution in [1.29, 1.82) is 0 Å². The first-order chi connectivity index (χ1) is 15.3. The Kier molecular flexibility index (Phi) is 7.78. The normalized spacial score (nSPS) is 16.9. The summed E-state index contributed by atoms with van der Waals surface area (Å²) in [5.74, 6) is -1.92. The summed E-state index contributed by atoms with van der Waals surface area (Å²) < 4.78 is 51.5. The maximum Gasteiger partial charge on any atom is 0.309 e. The third-order valence-corrected chi connectivity index (χ3v) is 6.76. The van der Waals surface area contributed by atoms with Crippen LogP contribution in [0, 0.1) is 5.82 Å². The molecule has 1 aliphatic rings. The predicted octanol–water partition coefficient (Wildman–Crippen LogP) is 1.00. The third-order valence-electron chi connectivity index (χ3n) is 4.86. The molecule has 0 bridgehead atoms. The van der Waals surface area contributed by atoms with E-state index >= 15 is 0 Å². The summed E-state index contributed by atoms with van der Waals surface area (Å²) in [6.07, 6.45) is -0.484. The van der Waals surface area contributed by atoms with Crippen LogP contribution in [-0.4, -0.2) is 57.6 Å². The molecule has 11 heteroatoms. The molecule has 1 saturated heterocycles. The summed E-state index contributed by atoms with van der Waals surface area (Å²) >= 11 is 0. The Bertz CT molecular complexity index is 1060. The zero-order valence-corrected chi connectivity index (χ0v) is 18.2. The second-order valence-electron chi connectivity index (χ2n) is 6.95. The van der Waals surface area contributed by atoms with Gasteiger partial charge in [0.15, 0.2) is 0 Å². The molecule has 32 heavy (non-hydrogen) atoms. The highest BCUT2D eigenvalue weighted by molar-refractivity contribution is 7.89. The van der Waals surface area contributed by atoms with Crippen molar-refractivity contribution < 1.29 is 31.9 Å². The van der Waals surface area contributed by atoms with Gasteiger partial charge in [0.25, 0.3) is 0 Å². The van der Waals surface area contributed by atoms with Crippen molar-refractivity contribution in [2.24, 2.45) is 0 Å². The van der Waals surface area contributed by atoms with Crippen molar-refractivity contribution in [1.82, 2.24) is 14.9 Å². The number of rotatable bonds is 7. The van der Waals surface area contributed by atoms with E-state index in [2.05, 4.69) is 10.6 Å². The number of carbonyl (C=O) groups excluding carboxylic acids is 2. The molecule has 1 heterocycles. The van der Waals surface area contributed by atoms with E-state index in [1.165, 1.54) is 49.6 Å². The lowest BCUT2D eigenvalue weighted by atomic mass is 10.2. The molecule has 0 aromatic heterocycles. The fourth-order valence-corrected chi connectivity index (χ4v) is 4.71. The van der Waals surface area contributed by atoms with E-state index in [1.54, 1.807) is 6.07 Å². The molecular weight excluding hydrogens is 441 g/mol. The highest BCUT2D eigenvalue weighted by Crippen LogP contribution is 2.23. The Morgan fingerprint density at radius 3 is 2.50 bits per heavy atom. The molecule has 2 amide bonds. The number of nitrogens with zero attached hydrogens (tertiary/aromatic N) is 1. The molecule has 3 rings (SSSR count). The maximum absolute atomic E-state index is 13.6. The van der Waals surface area contributed by atoms with Gasteiger partial charge in [-0.05, 0) is 36.8 Å². The third kappa shape index (κ3) is 5.61. The van der Waals surface area contributed by atoms with Crippen molar-refractivity contribution in [3.63, 3.8) is 0 Å². The second-order valence-corrected chi connectivity index (χ2v) is 8.84. The Hall–Kier alpha value is -3.02. The number of sulfonamides is 1. The van der Waals surface area contributed by atoms with Crippen molar-refractivity contribution in [2.75, 3.05) is 26.8 Å². The quantitative estimate of drug-likeness (QED) is 0.590. The van der Waals surface area contributed by atoms with Crippen LogP contribution in [-0.2, 0) is 30.9 Å². The molecule has 2 N–H and O–H groups in total. The first kappa shape index (κ1) is 23.6. The van der Waals surface area contributed by atoms with Crippen LogP contribution in [0.25, 0.3) is 0 Å². The predicted molar refractivity (Wildman–Crippen MR) is 112 cm³/mol. The van der Waals surface area contributed by atoms with Crippen LogP contribution in [0.5, 0.6) is 5.75 Å². The highest BCUT2D eigenvalue weighted by atomic mass is 32.2. The van der Waals surface area contributed by atoms with Gasteiger partial charge in [0, 0.05) is 18.7 Å². The van der Waals surface area contributed by atoms with Crippen LogP contribution in [0.1, 0.15) is 12.0 Å². The first-order valence-corrected chi connectivity index (χ1v) is 11.3. The van der Waals surface area contributed by atoms with Gasteiger partial charge in [-0.3, -0.25) is 9.59 Å². The minimum Gasteiger partial charge on any atom is -0.497 e. The van der Waals surface area contributed by atoms with Crippen LogP contribution >= 0.6 is 0 Å². The van der Waals surface area contributed by atoms with Gasteiger partial charge < -0.3 is 20.1 Å². The van der Waals surface area contributed by atoms with E-state index < -0.39 is 33.9 Å². The number of amides is 2. The summed E-state index contributed by atoms with van der Waals surface area (Å²) in [6.45, 7) is 0.140. The van der Waals surface area contributed by atoms with Gasteiger partial charge in [-0.25, -0.2) is 12.8 Å². The molecule has 2 aromatic carbocycles. The van der Waals surface area contributed by atoms with Gasteiger partial charge in [-0.1, -0.05) is 18.2 Å². The van der Waals surface area contributed by atoms with Crippen LogP contribution < -0.4 is 15.4 Å². The van der Waals surface area contributed by atoms with Crippen molar-refractivity contribution in [3.8, 4) is 5.75 Å². The maximum atomic E-state index is 13.6. The van der Waals surface area contributed by atoms with E-state index in [9.17, 15) is 22.4 Å². The van der Waals surface area contributed by atoms with E-state index in [4.69, 9.17) is 9.47 Å². The molecule has 9 nitrogen and oxygen atoms in total. The SMILES string of the molecule is COc1ccc(S(=O)(=O)N2CCCOC2CNC(=O)C(=O)NCc2ccccc2F)cc1. The molecule has 1 aliphatic heterocycles. The number of nitrogens with one attached hydrogen (secondary N) is 2. The lowest BCUT2D eigenvalue weighted by Crippen LogP contribution is -2.53. The Morgan fingerprint density at radius 1 is 1.12 bits per heavy atom. The fourth-order valence-electron chi connectivity index (χ4n) is 3.14. The fraction of sp³-hybridized carbons (Fsp3) is 0.333. The van der Waals surface area contributed by atoms with Crippen molar-refractivity contribution in [3.05, 3.63) is 59.9 Å². The molecule has 1 unspecified atom stereocenters. The molecule has 2 aromatic rings. The smallest absolute Gasteiger partial charge is 0.309 e. The summed E-state index contributed by atoms with van der Waals surface area (Å²) in [5, 5.41) is 4.71. The molecule has 1 atom stereocenters. The van der Waals surface area contributed by atoms with Crippen LogP contribution in [0.4, 0.5) is 4.39 Å². The number of benzene rings is 2. The Morgan fingerprint density at radius 2 is 1.81 bits per heavy atom. The van der Waals surface area contributed by atoms with E-state index in [0.717, 1.165) is 4.31 Å². The summed E-state index contributed by atoms with van der Waals surface area (Å²) in [6, 6.07) is 11.8. The molecule has 0 saturated carbocycles. The van der Waals surface area contributed by atoms with Crippen LogP contribution in [0.15, 0.2) is 53.4 Å². The van der Waals surface area contributed by atoms with Gasteiger partial charge in [0.05, 0.1) is 25.2 Å². The first-order valence-electron chi connectivity index (χ1n) is 9.90. The standard InChI is InChI=1S/C21H24FN3O6S/c1-30-16-7-9-17(10-8-16)32(28,29)25-11-4-12-31-19(25)14-24-21(27)20(26)23-13-15-5-2-3-6-18(15)22/h2-3,5-10,19H,4,11-14H2,1H3,(H,23,26)(H,24,27). The number of halogens is 1. The van der Waals surface area contributed by atoms with Gasteiger partial charge >= 0.3 is 11.8 Å². The Balaban J connectivity index is 1.60. The van der Waals surface area contributed by atoms with Gasteiger partial charge in [-0.15, -0.1) is 0 Å². The van der Waals surface area contributed by atoms with Crippen molar-refractivity contribution >= 4 is 21.8 Å². The molecular formula is C21H24FN3O6S. The molecule has 0 radical (unpaired) electrons. The molecule has 0 spiro atoms. The topological polar surface area (TPSA) is 114 Å². The van der Waals surface area contributed by atoms with Crippen molar-refractivity contribution in [2.45, 2.75) is 24.1 Å². The molecule has 0 aliphatic carbocycles. The number of hydrogen-bond donors (Lipinski definition) is 2. The number of ether oxygens (including phenoxy) is 2. The second kappa shape index (κ2) is 10.5. The molecule has 172 valence electrons.